The summed E-state index contributed by atoms with van der Waals surface area (Å²) in [5.74, 6) is 0.354. The van der Waals surface area contributed by atoms with Gasteiger partial charge in [-0.25, -0.2) is 0 Å². The molecule has 6 heteroatoms. The second-order valence-electron chi connectivity index (χ2n) is 5.29. The number of rotatable bonds is 6. The predicted molar refractivity (Wildman–Crippen MR) is 99.6 cm³/mol. The van der Waals surface area contributed by atoms with Gasteiger partial charge in [0.2, 0.25) is 5.91 Å². The number of nitrogens with one attached hydrogen (secondary N) is 2. The lowest BCUT2D eigenvalue weighted by molar-refractivity contribution is -0.124. The number of amides is 1. The van der Waals surface area contributed by atoms with Crippen molar-refractivity contribution in [1.29, 1.82) is 5.41 Å². The second kappa shape index (κ2) is 7.79. The summed E-state index contributed by atoms with van der Waals surface area (Å²) in [6, 6.07) is 19.6. The topological polar surface area (TPSA) is 68.5 Å². The Hall–Kier alpha value is -2.60. The van der Waals surface area contributed by atoms with Crippen LogP contribution in [-0.2, 0) is 4.79 Å². The summed E-state index contributed by atoms with van der Waals surface area (Å²) < 4.78 is 0. The molecule has 24 heavy (non-hydrogen) atoms. The van der Waals surface area contributed by atoms with Gasteiger partial charge in [-0.05, 0) is 17.7 Å². The van der Waals surface area contributed by atoms with Crippen molar-refractivity contribution in [2.24, 2.45) is 5.10 Å². The molecular weight excluding hydrogens is 320 g/mol. The molecule has 5 nitrogen and oxygen atoms in total. The van der Waals surface area contributed by atoms with Crippen LogP contribution < -0.4 is 5.43 Å². The zero-order chi connectivity index (χ0) is 16.8. The first-order valence-electron chi connectivity index (χ1n) is 7.69. The van der Waals surface area contributed by atoms with Gasteiger partial charge < -0.3 is 0 Å². The molecule has 2 aromatic rings. The van der Waals surface area contributed by atoms with E-state index in [0.29, 0.717) is 23.9 Å². The van der Waals surface area contributed by atoms with Crippen LogP contribution in [0.5, 0.6) is 0 Å². The maximum Gasteiger partial charge on any atom is 0.239 e. The van der Waals surface area contributed by atoms with Gasteiger partial charge in [-0.1, -0.05) is 60.3 Å². The molecule has 1 aliphatic rings. The molecule has 0 unspecified atom stereocenters. The summed E-state index contributed by atoms with van der Waals surface area (Å²) in [5.41, 5.74) is 5.84. The summed E-state index contributed by atoms with van der Waals surface area (Å²) in [5, 5.41) is 12.7. The Labute approximate surface area is 145 Å². The predicted octanol–water partition coefficient (Wildman–Crippen LogP) is 3.40. The molecule has 122 valence electrons. The van der Waals surface area contributed by atoms with Gasteiger partial charge in [0, 0.05) is 13.0 Å². The number of amidine groups is 1. The largest absolute Gasteiger partial charge is 0.291 e. The van der Waals surface area contributed by atoms with E-state index in [2.05, 4.69) is 10.5 Å². The van der Waals surface area contributed by atoms with E-state index in [9.17, 15) is 4.79 Å². The van der Waals surface area contributed by atoms with Gasteiger partial charge in [-0.3, -0.25) is 20.5 Å². The van der Waals surface area contributed by atoms with Crippen LogP contribution >= 0.6 is 11.8 Å². The Balaban J connectivity index is 1.75. The van der Waals surface area contributed by atoms with Crippen molar-refractivity contribution in [1.82, 2.24) is 4.90 Å². The zero-order valence-corrected chi connectivity index (χ0v) is 13.9. The van der Waals surface area contributed by atoms with Crippen molar-refractivity contribution in [3.05, 3.63) is 66.2 Å². The summed E-state index contributed by atoms with van der Waals surface area (Å²) >= 11 is 1.28. The summed E-state index contributed by atoms with van der Waals surface area (Å²) in [6.07, 6.45) is 0.582. The van der Waals surface area contributed by atoms with Crippen LogP contribution in [0.4, 0.5) is 5.69 Å². The van der Waals surface area contributed by atoms with Crippen LogP contribution in [0.15, 0.2) is 65.8 Å². The van der Waals surface area contributed by atoms with Crippen molar-refractivity contribution >= 4 is 34.2 Å². The number of hydrogen-bond acceptors (Lipinski definition) is 5. The van der Waals surface area contributed by atoms with E-state index in [4.69, 9.17) is 5.41 Å². The number of para-hydroxylation sites is 1. The van der Waals surface area contributed by atoms with Crippen molar-refractivity contribution in [2.75, 3.05) is 17.7 Å². The zero-order valence-electron chi connectivity index (χ0n) is 13.1. The minimum absolute atomic E-state index is 0.00608. The van der Waals surface area contributed by atoms with E-state index < -0.39 is 0 Å². The Morgan fingerprint density at radius 3 is 2.42 bits per heavy atom. The first-order valence-corrected chi connectivity index (χ1v) is 8.67. The SMILES string of the molecule is N=C1SCC(=O)N1CC/C(=N/Nc1ccccc1)c1ccccc1. The molecule has 0 radical (unpaired) electrons. The lowest BCUT2D eigenvalue weighted by Crippen LogP contribution is -2.31. The minimum Gasteiger partial charge on any atom is -0.291 e. The Morgan fingerprint density at radius 1 is 1.12 bits per heavy atom. The fourth-order valence-corrected chi connectivity index (χ4v) is 3.15. The Kier molecular flexibility index (Phi) is 5.28. The molecule has 3 rings (SSSR count). The number of anilines is 1. The molecule has 0 spiro atoms. The van der Waals surface area contributed by atoms with E-state index >= 15 is 0 Å². The smallest absolute Gasteiger partial charge is 0.239 e. The van der Waals surface area contributed by atoms with Gasteiger partial charge in [-0.2, -0.15) is 5.10 Å². The highest BCUT2D eigenvalue weighted by Gasteiger charge is 2.26. The monoisotopic (exact) mass is 338 g/mol. The van der Waals surface area contributed by atoms with Crippen LogP contribution in [0.3, 0.4) is 0 Å². The van der Waals surface area contributed by atoms with E-state index in [-0.39, 0.29) is 5.91 Å². The molecule has 0 bridgehead atoms. The maximum atomic E-state index is 11.8. The molecule has 1 heterocycles. The van der Waals surface area contributed by atoms with Gasteiger partial charge in [0.25, 0.3) is 0 Å². The number of thioether (sulfide) groups is 1. The molecule has 0 saturated carbocycles. The van der Waals surface area contributed by atoms with E-state index in [1.54, 1.807) is 0 Å². The van der Waals surface area contributed by atoms with Gasteiger partial charge in [0.15, 0.2) is 5.17 Å². The molecule has 0 aliphatic carbocycles. The quantitative estimate of drug-likeness (QED) is 0.626. The maximum absolute atomic E-state index is 11.8. The highest BCUT2D eigenvalue weighted by Crippen LogP contribution is 2.18. The van der Waals surface area contributed by atoms with Crippen LogP contribution in [-0.4, -0.2) is 34.0 Å². The molecule has 0 aromatic heterocycles. The molecule has 0 atom stereocenters. The summed E-state index contributed by atoms with van der Waals surface area (Å²) in [4.78, 5) is 13.3. The lowest BCUT2D eigenvalue weighted by Gasteiger charge is -2.16. The normalized spacial score (nSPS) is 15.0. The lowest BCUT2D eigenvalue weighted by atomic mass is 10.1. The van der Waals surface area contributed by atoms with Crippen LogP contribution in [0, 0.1) is 5.41 Å². The fraction of sp³-hybridized carbons (Fsp3) is 0.167. The fourth-order valence-electron chi connectivity index (χ4n) is 2.38. The van der Waals surface area contributed by atoms with Crippen molar-refractivity contribution in [3.63, 3.8) is 0 Å². The van der Waals surface area contributed by atoms with Gasteiger partial charge in [-0.15, -0.1) is 0 Å². The molecule has 1 saturated heterocycles. The highest BCUT2D eigenvalue weighted by atomic mass is 32.2. The average molecular weight is 338 g/mol. The minimum atomic E-state index is -0.00608. The third kappa shape index (κ3) is 4.02. The van der Waals surface area contributed by atoms with Crippen molar-refractivity contribution < 1.29 is 4.79 Å². The molecule has 1 fully saturated rings. The Morgan fingerprint density at radius 2 is 1.79 bits per heavy atom. The molecule has 1 aliphatic heterocycles. The first-order chi connectivity index (χ1) is 11.7. The number of hydrogen-bond donors (Lipinski definition) is 2. The average Bonchev–Trinajstić information content (AvgIpc) is 2.95. The van der Waals surface area contributed by atoms with Gasteiger partial charge in [0.05, 0.1) is 17.2 Å². The first kappa shape index (κ1) is 16.3. The Bertz CT molecular complexity index is 730. The van der Waals surface area contributed by atoms with E-state index in [0.717, 1.165) is 17.0 Å². The van der Waals surface area contributed by atoms with Crippen molar-refractivity contribution in [3.8, 4) is 0 Å². The third-order valence-corrected chi connectivity index (χ3v) is 4.54. The molecule has 2 aromatic carbocycles. The summed E-state index contributed by atoms with van der Waals surface area (Å²) in [6.45, 7) is 0.467. The molecule has 1 amide bonds. The van der Waals surface area contributed by atoms with E-state index in [1.165, 1.54) is 16.7 Å². The van der Waals surface area contributed by atoms with Crippen LogP contribution in [0.25, 0.3) is 0 Å². The standard InChI is InChI=1S/C18H18N4OS/c19-18-22(17(23)13-24-18)12-11-16(14-7-3-1-4-8-14)21-20-15-9-5-2-6-10-15/h1-10,19-20H,11-13H2/b19-18?,21-16-. The number of benzene rings is 2. The van der Waals surface area contributed by atoms with Crippen LogP contribution in [0.1, 0.15) is 12.0 Å². The third-order valence-electron chi connectivity index (χ3n) is 3.65. The number of hydrazone groups is 1. The van der Waals surface area contributed by atoms with Gasteiger partial charge in [0.1, 0.15) is 0 Å². The van der Waals surface area contributed by atoms with Crippen LogP contribution in [0.2, 0.25) is 0 Å². The number of nitrogens with zero attached hydrogens (tertiary/aromatic N) is 2. The highest BCUT2D eigenvalue weighted by molar-refractivity contribution is 8.14. The number of carbonyl (C=O) groups excluding carboxylic acids is 1. The second-order valence-corrected chi connectivity index (χ2v) is 6.26. The van der Waals surface area contributed by atoms with Gasteiger partial charge >= 0.3 is 0 Å². The molecule has 2 N–H and O–H groups in total. The molecular formula is C18H18N4OS. The van der Waals surface area contributed by atoms with E-state index in [1.807, 2.05) is 60.7 Å². The number of carbonyl (C=O) groups is 1. The van der Waals surface area contributed by atoms with Crippen molar-refractivity contribution in [2.45, 2.75) is 6.42 Å². The summed E-state index contributed by atoms with van der Waals surface area (Å²) in [7, 11) is 0.